The fraction of sp³-hybridized carbons (Fsp3) is 0.158. The lowest BCUT2D eigenvalue weighted by atomic mass is 9.89. The van der Waals surface area contributed by atoms with Gasteiger partial charge in [-0.25, -0.2) is 24.7 Å². The van der Waals surface area contributed by atoms with E-state index in [0.29, 0.717) is 21.6 Å². The number of fused-ring (bicyclic) bond motifs is 1. The molecule has 0 aliphatic rings. The molecule has 0 aliphatic heterocycles. The summed E-state index contributed by atoms with van der Waals surface area (Å²) >= 11 is 5.90. The molecule has 2 aromatic carbocycles. The van der Waals surface area contributed by atoms with Crippen LogP contribution in [-0.2, 0) is 5.92 Å². The van der Waals surface area contributed by atoms with Crippen LogP contribution in [0.2, 0.25) is 5.02 Å². The molecule has 10 heteroatoms. The molecule has 1 heterocycles. The number of nitrogens with zero attached hydrogens (tertiary/aromatic N) is 3. The summed E-state index contributed by atoms with van der Waals surface area (Å²) in [7, 11) is 0. The second kappa shape index (κ2) is 8.22. The van der Waals surface area contributed by atoms with Gasteiger partial charge in [0, 0.05) is 16.5 Å². The van der Waals surface area contributed by atoms with Crippen LogP contribution in [0, 0.1) is 11.6 Å². The summed E-state index contributed by atoms with van der Waals surface area (Å²) in [6, 6.07) is 9.54. The van der Waals surface area contributed by atoms with Gasteiger partial charge in [-0.3, -0.25) is 0 Å². The van der Waals surface area contributed by atoms with Crippen molar-refractivity contribution in [1.29, 1.82) is 0 Å². The summed E-state index contributed by atoms with van der Waals surface area (Å²) in [5.74, 6) is -1.94. The first kappa shape index (κ1) is 20.8. The van der Waals surface area contributed by atoms with Crippen LogP contribution in [0.4, 0.5) is 17.6 Å². The zero-order valence-corrected chi connectivity index (χ0v) is 15.6. The van der Waals surface area contributed by atoms with Crippen molar-refractivity contribution >= 4 is 28.8 Å². The molecule has 0 spiro atoms. The number of hydrogen-bond donors (Lipinski definition) is 2. The minimum Gasteiger partial charge on any atom is -0.388 e. The van der Waals surface area contributed by atoms with Gasteiger partial charge in [-0.2, -0.15) is 13.9 Å². The largest absolute Gasteiger partial charge is 0.388 e. The number of rotatable bonds is 6. The number of halogens is 5. The van der Waals surface area contributed by atoms with Crippen molar-refractivity contribution in [1.82, 2.24) is 10.1 Å². The van der Waals surface area contributed by atoms with Gasteiger partial charge in [0.15, 0.2) is 0 Å². The number of hydrazone groups is 1. The van der Waals surface area contributed by atoms with Crippen LogP contribution in [-0.4, -0.2) is 23.0 Å². The molecular weight excluding hydrogens is 410 g/mol. The quantitative estimate of drug-likeness (QED) is 0.205. The molecule has 3 aromatic rings. The Balaban J connectivity index is 2.10. The van der Waals surface area contributed by atoms with E-state index in [1.165, 1.54) is 18.2 Å². The van der Waals surface area contributed by atoms with Crippen molar-refractivity contribution in [3.05, 3.63) is 76.4 Å². The van der Waals surface area contributed by atoms with Gasteiger partial charge in [-0.05, 0) is 35.9 Å². The Morgan fingerprint density at radius 1 is 1.14 bits per heavy atom. The Morgan fingerprint density at radius 2 is 1.90 bits per heavy atom. The predicted molar refractivity (Wildman–Crippen MR) is 103 cm³/mol. The van der Waals surface area contributed by atoms with Gasteiger partial charge in [0.1, 0.15) is 23.7 Å². The molecule has 3 rings (SSSR count). The molecule has 0 amide bonds. The highest BCUT2D eigenvalue weighted by Gasteiger charge is 2.45. The molecule has 152 valence electrons. The molecular formula is C19H16ClF4N5. The summed E-state index contributed by atoms with van der Waals surface area (Å²) in [5, 5.41) is 5.16. The molecule has 0 fully saturated rings. The number of hydrogen-bond acceptors (Lipinski definition) is 4. The highest BCUT2D eigenvalue weighted by atomic mass is 35.5. The Hall–Kier alpha value is -2.91. The smallest absolute Gasteiger partial charge is 0.298 e. The van der Waals surface area contributed by atoms with Crippen molar-refractivity contribution in [3.8, 4) is 0 Å². The standard InChI is InChI=1S/C19H16ClF4N5/c20-12-2-5-17-11(7-12)1-6-18(28-17)19(23,24)15(9-29(26)27-10-25)14-4-3-13(21)8-16(14)22/h1-8,10,15H,9,26H2,(H2,25,27). The highest BCUT2D eigenvalue weighted by molar-refractivity contribution is 6.31. The van der Waals surface area contributed by atoms with Crippen LogP contribution in [0.5, 0.6) is 0 Å². The third-order valence-corrected chi connectivity index (χ3v) is 4.59. The number of pyridine rings is 1. The maximum atomic E-state index is 15.5. The maximum absolute atomic E-state index is 15.5. The fourth-order valence-corrected chi connectivity index (χ4v) is 3.15. The minimum absolute atomic E-state index is 0.287. The average molecular weight is 426 g/mol. The molecule has 1 atom stereocenters. The van der Waals surface area contributed by atoms with E-state index >= 15 is 8.78 Å². The van der Waals surface area contributed by atoms with E-state index in [-0.39, 0.29) is 5.52 Å². The first-order chi connectivity index (χ1) is 13.7. The zero-order valence-electron chi connectivity index (χ0n) is 14.9. The summed E-state index contributed by atoms with van der Waals surface area (Å²) in [6.45, 7) is -0.608. The van der Waals surface area contributed by atoms with Gasteiger partial charge >= 0.3 is 0 Å². The minimum atomic E-state index is -3.67. The number of benzene rings is 2. The predicted octanol–water partition coefficient (Wildman–Crippen LogP) is 4.12. The van der Waals surface area contributed by atoms with Crippen LogP contribution in [0.1, 0.15) is 17.2 Å². The van der Waals surface area contributed by atoms with E-state index in [2.05, 4.69) is 10.1 Å². The summed E-state index contributed by atoms with van der Waals surface area (Å²) < 4.78 is 58.6. The van der Waals surface area contributed by atoms with Crippen LogP contribution in [0.25, 0.3) is 10.9 Å². The first-order valence-corrected chi connectivity index (χ1v) is 8.76. The van der Waals surface area contributed by atoms with Crippen LogP contribution >= 0.6 is 11.6 Å². The molecule has 5 nitrogen and oxygen atoms in total. The van der Waals surface area contributed by atoms with Crippen molar-refractivity contribution in [2.75, 3.05) is 6.54 Å². The summed E-state index contributed by atoms with van der Waals surface area (Å²) in [4.78, 5) is 4.01. The van der Waals surface area contributed by atoms with E-state index in [1.54, 1.807) is 6.07 Å². The fourth-order valence-electron chi connectivity index (χ4n) is 2.97. The average Bonchev–Trinajstić information content (AvgIpc) is 2.66. The van der Waals surface area contributed by atoms with E-state index in [1.807, 2.05) is 0 Å². The van der Waals surface area contributed by atoms with Crippen LogP contribution < -0.4 is 11.6 Å². The van der Waals surface area contributed by atoms with Gasteiger partial charge in [0.05, 0.1) is 18.0 Å². The van der Waals surface area contributed by atoms with Gasteiger partial charge < -0.3 is 5.73 Å². The summed E-state index contributed by atoms with van der Waals surface area (Å²) in [5.41, 5.74) is 4.39. The lowest BCUT2D eigenvalue weighted by molar-refractivity contribution is -0.0486. The summed E-state index contributed by atoms with van der Waals surface area (Å²) in [6.07, 6.45) is 0.814. The second-order valence-corrected chi connectivity index (χ2v) is 6.70. The highest BCUT2D eigenvalue weighted by Crippen LogP contribution is 2.43. The SMILES string of the molecule is N/C=N\N(N)CC(c1ccc(F)cc1F)C(F)(F)c1ccc2cc(Cl)ccc2n1. The third-order valence-electron chi connectivity index (χ3n) is 4.35. The molecule has 0 radical (unpaired) electrons. The molecule has 0 saturated carbocycles. The van der Waals surface area contributed by atoms with Crippen molar-refractivity contribution in [2.24, 2.45) is 16.7 Å². The number of aromatic nitrogens is 1. The van der Waals surface area contributed by atoms with Crippen LogP contribution in [0.3, 0.4) is 0 Å². The van der Waals surface area contributed by atoms with Crippen molar-refractivity contribution in [3.63, 3.8) is 0 Å². The van der Waals surface area contributed by atoms with Gasteiger partial charge in [-0.15, -0.1) is 0 Å². The van der Waals surface area contributed by atoms with Crippen LogP contribution in [0.15, 0.2) is 53.6 Å². The molecule has 1 unspecified atom stereocenters. The lowest BCUT2D eigenvalue weighted by Crippen LogP contribution is -2.38. The monoisotopic (exact) mass is 425 g/mol. The maximum Gasteiger partial charge on any atom is 0.298 e. The van der Waals surface area contributed by atoms with Gasteiger partial charge in [0.2, 0.25) is 0 Å². The topological polar surface area (TPSA) is 80.5 Å². The number of alkyl halides is 2. The van der Waals surface area contributed by atoms with E-state index < -0.39 is 41.3 Å². The van der Waals surface area contributed by atoms with Gasteiger partial charge in [-0.1, -0.05) is 23.7 Å². The number of nitrogens with two attached hydrogens (primary N) is 2. The second-order valence-electron chi connectivity index (χ2n) is 6.26. The zero-order chi connectivity index (χ0) is 21.2. The number of hydrazine groups is 1. The molecule has 1 aromatic heterocycles. The first-order valence-electron chi connectivity index (χ1n) is 8.38. The Bertz CT molecular complexity index is 1060. The van der Waals surface area contributed by atoms with Crippen molar-refractivity contribution in [2.45, 2.75) is 11.8 Å². The third kappa shape index (κ3) is 4.41. The Labute approximate surface area is 168 Å². The van der Waals surface area contributed by atoms with E-state index in [4.69, 9.17) is 23.2 Å². The van der Waals surface area contributed by atoms with Gasteiger partial charge in [0.25, 0.3) is 5.92 Å². The Morgan fingerprint density at radius 3 is 2.59 bits per heavy atom. The van der Waals surface area contributed by atoms with Crippen molar-refractivity contribution < 1.29 is 17.6 Å². The normalized spacial score (nSPS) is 13.2. The molecule has 0 bridgehead atoms. The molecule has 0 aliphatic carbocycles. The lowest BCUT2D eigenvalue weighted by Gasteiger charge is -2.29. The van der Waals surface area contributed by atoms with E-state index in [0.717, 1.165) is 24.5 Å². The molecule has 0 saturated heterocycles. The Kier molecular flexibility index (Phi) is 5.90. The van der Waals surface area contributed by atoms with E-state index in [9.17, 15) is 8.78 Å². The molecule has 29 heavy (non-hydrogen) atoms. The molecule has 4 N–H and O–H groups in total.